The summed E-state index contributed by atoms with van der Waals surface area (Å²) in [4.78, 5) is 2.43. The molecule has 244 valence electrons. The minimum absolute atomic E-state index is 0.0767. The molecule has 2 heteroatoms. The second-order valence-electron chi connectivity index (χ2n) is 14.5. The highest BCUT2D eigenvalue weighted by atomic mass is 15.1. The van der Waals surface area contributed by atoms with Crippen LogP contribution in [0.2, 0.25) is 0 Å². The summed E-state index contributed by atoms with van der Waals surface area (Å²) in [6.45, 7) is 4.72. The van der Waals surface area contributed by atoms with Crippen LogP contribution < -0.4 is 4.90 Å². The lowest BCUT2D eigenvalue weighted by molar-refractivity contribution is 0.660. The van der Waals surface area contributed by atoms with E-state index in [1.165, 1.54) is 71.7 Å². The molecule has 0 radical (unpaired) electrons. The first kappa shape index (κ1) is 29.8. The standard InChI is InChI=1S/C49H38N2/c1-49(2)44-20-10-8-18-40(44)41-29-27-37(31-45(41)49)51-47-21-11-9-19-42(47)43-30-28-38(32-48(43)51)50(46-22-12-16-35-15-6-7-17-39(35)46)36-25-23-34(24-26-36)33-13-4-3-5-14-33/h4,6-32H,3,5H2,1-2H3. The van der Waals surface area contributed by atoms with Crippen LogP contribution in [0.25, 0.3) is 55.0 Å². The second-order valence-corrected chi connectivity index (χ2v) is 14.5. The number of fused-ring (bicyclic) bond motifs is 7. The van der Waals surface area contributed by atoms with Crippen molar-refractivity contribution in [2.45, 2.75) is 32.1 Å². The molecular weight excluding hydrogens is 617 g/mol. The number of nitrogens with zero attached hydrogens (tertiary/aromatic N) is 2. The first-order chi connectivity index (χ1) is 25.1. The molecule has 0 N–H and O–H groups in total. The molecule has 0 aliphatic heterocycles. The lowest BCUT2D eigenvalue weighted by Crippen LogP contribution is -2.15. The molecule has 2 aliphatic carbocycles. The van der Waals surface area contributed by atoms with E-state index in [4.69, 9.17) is 0 Å². The van der Waals surface area contributed by atoms with Gasteiger partial charge in [0.25, 0.3) is 0 Å². The maximum atomic E-state index is 2.47. The number of hydrogen-bond donors (Lipinski definition) is 0. The van der Waals surface area contributed by atoms with Gasteiger partial charge in [-0.3, -0.25) is 0 Å². The molecule has 0 bridgehead atoms. The molecule has 0 saturated heterocycles. The smallest absolute Gasteiger partial charge is 0.0561 e. The molecular formula is C49H38N2. The van der Waals surface area contributed by atoms with Crippen molar-refractivity contribution in [3.8, 4) is 16.8 Å². The van der Waals surface area contributed by atoms with Gasteiger partial charge in [0.2, 0.25) is 0 Å². The maximum Gasteiger partial charge on any atom is 0.0561 e. The van der Waals surface area contributed by atoms with Gasteiger partial charge in [0.15, 0.2) is 0 Å². The van der Waals surface area contributed by atoms with Gasteiger partial charge in [-0.2, -0.15) is 0 Å². The van der Waals surface area contributed by atoms with E-state index < -0.39 is 0 Å². The fraction of sp³-hybridized carbons (Fsp3) is 0.102. The van der Waals surface area contributed by atoms with E-state index in [9.17, 15) is 0 Å². The monoisotopic (exact) mass is 654 g/mol. The molecule has 7 aromatic carbocycles. The van der Waals surface area contributed by atoms with Crippen LogP contribution in [0.4, 0.5) is 17.1 Å². The topological polar surface area (TPSA) is 8.17 Å². The summed E-state index contributed by atoms with van der Waals surface area (Å²) >= 11 is 0. The first-order valence-electron chi connectivity index (χ1n) is 18.1. The molecule has 0 unspecified atom stereocenters. The number of para-hydroxylation sites is 1. The third-order valence-corrected chi connectivity index (χ3v) is 11.2. The number of allylic oxidation sites excluding steroid dienone is 4. The summed E-state index contributed by atoms with van der Waals surface area (Å²) in [6.07, 6.45) is 9.10. The molecule has 51 heavy (non-hydrogen) atoms. The van der Waals surface area contributed by atoms with Gasteiger partial charge in [0, 0.05) is 38.6 Å². The Balaban J connectivity index is 1.19. The number of aromatic nitrogens is 1. The number of rotatable bonds is 5. The molecule has 10 rings (SSSR count). The van der Waals surface area contributed by atoms with Crippen LogP contribution in [0, 0.1) is 0 Å². The van der Waals surface area contributed by atoms with Gasteiger partial charge in [-0.05, 0) is 100 Å². The van der Waals surface area contributed by atoms with Gasteiger partial charge < -0.3 is 9.47 Å². The van der Waals surface area contributed by atoms with Crippen LogP contribution in [0.3, 0.4) is 0 Å². The molecule has 2 aliphatic rings. The fourth-order valence-electron chi connectivity index (χ4n) is 8.67. The molecule has 1 aromatic heterocycles. The Morgan fingerprint density at radius 1 is 0.549 bits per heavy atom. The Bertz CT molecular complexity index is 2710. The quantitative estimate of drug-likeness (QED) is 0.179. The summed E-state index contributed by atoms with van der Waals surface area (Å²) in [6, 6.07) is 56.3. The van der Waals surface area contributed by atoms with E-state index in [1.807, 2.05) is 0 Å². The van der Waals surface area contributed by atoms with Crippen LogP contribution in [0.15, 0.2) is 170 Å². The summed E-state index contributed by atoms with van der Waals surface area (Å²) in [5.74, 6) is 0. The summed E-state index contributed by atoms with van der Waals surface area (Å²) < 4.78 is 2.47. The zero-order valence-electron chi connectivity index (χ0n) is 29.0. The predicted molar refractivity (Wildman–Crippen MR) is 217 cm³/mol. The predicted octanol–water partition coefficient (Wildman–Crippen LogP) is 13.4. The average Bonchev–Trinajstić information content (AvgIpc) is 3.63. The van der Waals surface area contributed by atoms with Crippen molar-refractivity contribution in [1.29, 1.82) is 0 Å². The molecule has 0 fully saturated rings. The molecule has 0 atom stereocenters. The highest BCUT2D eigenvalue weighted by Gasteiger charge is 2.35. The highest BCUT2D eigenvalue weighted by Crippen LogP contribution is 2.50. The lowest BCUT2D eigenvalue weighted by atomic mass is 9.82. The van der Waals surface area contributed by atoms with Gasteiger partial charge >= 0.3 is 0 Å². The molecule has 0 saturated carbocycles. The Morgan fingerprint density at radius 3 is 2.14 bits per heavy atom. The average molecular weight is 655 g/mol. The van der Waals surface area contributed by atoms with E-state index in [-0.39, 0.29) is 5.41 Å². The Hall–Kier alpha value is -6.12. The third-order valence-electron chi connectivity index (χ3n) is 11.2. The minimum atomic E-state index is -0.0767. The van der Waals surface area contributed by atoms with Crippen LogP contribution >= 0.6 is 0 Å². The normalized spacial score (nSPS) is 14.5. The van der Waals surface area contributed by atoms with Gasteiger partial charge in [0.05, 0.1) is 16.7 Å². The fourth-order valence-corrected chi connectivity index (χ4v) is 8.67. The molecule has 1 heterocycles. The van der Waals surface area contributed by atoms with Gasteiger partial charge in [0.1, 0.15) is 0 Å². The molecule has 0 spiro atoms. The van der Waals surface area contributed by atoms with Crippen molar-refractivity contribution in [3.63, 3.8) is 0 Å². The Kier molecular flexibility index (Phi) is 6.69. The number of hydrogen-bond acceptors (Lipinski definition) is 1. The van der Waals surface area contributed by atoms with E-state index in [0.29, 0.717) is 0 Å². The van der Waals surface area contributed by atoms with Crippen molar-refractivity contribution in [3.05, 3.63) is 187 Å². The van der Waals surface area contributed by atoms with Crippen molar-refractivity contribution in [1.82, 2.24) is 4.57 Å². The second kappa shape index (κ2) is 11.5. The van der Waals surface area contributed by atoms with Crippen LogP contribution in [0.1, 0.15) is 43.4 Å². The highest BCUT2D eigenvalue weighted by molar-refractivity contribution is 6.11. The Morgan fingerprint density at radius 2 is 1.27 bits per heavy atom. The van der Waals surface area contributed by atoms with Crippen LogP contribution in [-0.2, 0) is 5.41 Å². The van der Waals surface area contributed by atoms with Gasteiger partial charge in [-0.15, -0.1) is 0 Å². The van der Waals surface area contributed by atoms with E-state index >= 15 is 0 Å². The Labute approximate surface area is 299 Å². The SMILES string of the molecule is CC1(C)c2ccccc2-c2ccc(-n3c4ccccc4c4ccc(N(c5ccc(C6=CCCC=C6)cc5)c5cccc6ccccc56)cc43)cc21. The zero-order chi connectivity index (χ0) is 34.1. The first-order valence-corrected chi connectivity index (χ1v) is 18.1. The van der Waals surface area contributed by atoms with E-state index in [1.54, 1.807) is 0 Å². The van der Waals surface area contributed by atoms with Crippen LogP contribution in [-0.4, -0.2) is 4.57 Å². The molecule has 0 amide bonds. The van der Waals surface area contributed by atoms with Crippen molar-refractivity contribution < 1.29 is 0 Å². The van der Waals surface area contributed by atoms with Gasteiger partial charge in [-0.1, -0.05) is 135 Å². The van der Waals surface area contributed by atoms with Crippen molar-refractivity contribution in [2.75, 3.05) is 4.90 Å². The van der Waals surface area contributed by atoms with Crippen LogP contribution in [0.5, 0.6) is 0 Å². The van der Waals surface area contributed by atoms with E-state index in [0.717, 1.165) is 29.9 Å². The van der Waals surface area contributed by atoms with Gasteiger partial charge in [-0.25, -0.2) is 0 Å². The minimum Gasteiger partial charge on any atom is -0.310 e. The summed E-state index contributed by atoms with van der Waals surface area (Å²) in [5.41, 5.74) is 15.0. The number of anilines is 3. The van der Waals surface area contributed by atoms with Crippen molar-refractivity contribution >= 4 is 55.2 Å². The molecule has 8 aromatic rings. The molecule has 2 nitrogen and oxygen atoms in total. The maximum absolute atomic E-state index is 2.47. The largest absolute Gasteiger partial charge is 0.310 e. The third kappa shape index (κ3) is 4.63. The number of benzene rings is 7. The lowest BCUT2D eigenvalue weighted by Gasteiger charge is -2.27. The summed E-state index contributed by atoms with van der Waals surface area (Å²) in [7, 11) is 0. The zero-order valence-corrected chi connectivity index (χ0v) is 29.0. The van der Waals surface area contributed by atoms with E-state index in [2.05, 4.69) is 193 Å². The van der Waals surface area contributed by atoms with Crippen molar-refractivity contribution in [2.24, 2.45) is 0 Å². The summed E-state index contributed by atoms with van der Waals surface area (Å²) in [5, 5.41) is 4.97.